The van der Waals surface area contributed by atoms with E-state index in [1.807, 2.05) is 6.92 Å². The van der Waals surface area contributed by atoms with Crippen LogP contribution in [-0.2, 0) is 14.3 Å². The Hall–Kier alpha value is -2.76. The Morgan fingerprint density at radius 2 is 2.03 bits per heavy atom. The molecule has 12 heteroatoms. The SMILES string of the molecule is CNC(=O)C(=O)N[C@@H](C)CC1CCC2(CC1)OC(=O)NN=C2c1cc(OC(F)F)ccc1Br. The standard InChI is InChI=1S/C21H25BrF2N4O5/c1-11(26-18(30)17(29)25-2)9-12-5-7-21(8-6-12)16(27-28-20(31)33-21)14-10-13(32-19(23)24)3-4-15(14)22/h3-4,10-12,19H,5-9H2,1-2H3,(H,25,29)(H,26,30)(H,28,31)/t11-,12?,21?/m0/s1. The number of alkyl halides is 2. The average molecular weight is 531 g/mol. The van der Waals surface area contributed by atoms with Gasteiger partial charge in [-0.15, -0.1) is 0 Å². The summed E-state index contributed by atoms with van der Waals surface area (Å²) in [6.45, 7) is -1.15. The van der Waals surface area contributed by atoms with E-state index in [1.165, 1.54) is 19.2 Å². The monoisotopic (exact) mass is 530 g/mol. The van der Waals surface area contributed by atoms with Gasteiger partial charge in [-0.1, -0.05) is 15.9 Å². The fourth-order valence-corrected chi connectivity index (χ4v) is 4.73. The van der Waals surface area contributed by atoms with Crippen LogP contribution in [0, 0.1) is 5.92 Å². The molecule has 0 aromatic heterocycles. The number of halogens is 3. The van der Waals surface area contributed by atoms with Gasteiger partial charge in [-0.25, -0.2) is 10.2 Å². The zero-order valence-corrected chi connectivity index (χ0v) is 19.7. The van der Waals surface area contributed by atoms with Gasteiger partial charge in [-0.3, -0.25) is 9.59 Å². The summed E-state index contributed by atoms with van der Waals surface area (Å²) in [5.41, 5.74) is 2.20. The van der Waals surface area contributed by atoms with E-state index in [0.29, 0.717) is 47.9 Å². The number of amides is 3. The molecule has 1 aromatic carbocycles. The van der Waals surface area contributed by atoms with Crippen LogP contribution in [0.25, 0.3) is 0 Å². The molecule has 33 heavy (non-hydrogen) atoms. The molecule has 3 N–H and O–H groups in total. The van der Waals surface area contributed by atoms with Crippen LogP contribution in [0.4, 0.5) is 13.6 Å². The lowest BCUT2D eigenvalue weighted by molar-refractivity contribution is -0.139. The van der Waals surface area contributed by atoms with Gasteiger partial charge in [0, 0.05) is 23.1 Å². The number of hydrazone groups is 1. The highest BCUT2D eigenvalue weighted by Crippen LogP contribution is 2.42. The maximum absolute atomic E-state index is 12.7. The Bertz CT molecular complexity index is 951. The fraction of sp³-hybridized carbons (Fsp3) is 0.524. The Morgan fingerprint density at radius 1 is 1.33 bits per heavy atom. The predicted octanol–water partition coefficient (Wildman–Crippen LogP) is 3.06. The summed E-state index contributed by atoms with van der Waals surface area (Å²) in [5, 5.41) is 9.16. The number of nitrogens with zero attached hydrogens (tertiary/aromatic N) is 1. The van der Waals surface area contributed by atoms with Gasteiger partial charge < -0.3 is 20.1 Å². The first-order chi connectivity index (χ1) is 15.6. The number of hydrogen-bond donors (Lipinski definition) is 3. The molecular weight excluding hydrogens is 506 g/mol. The lowest BCUT2D eigenvalue weighted by Gasteiger charge is -2.42. The maximum Gasteiger partial charge on any atom is 0.428 e. The summed E-state index contributed by atoms with van der Waals surface area (Å²) in [6, 6.07) is 4.19. The van der Waals surface area contributed by atoms with Gasteiger partial charge >= 0.3 is 24.5 Å². The van der Waals surface area contributed by atoms with E-state index in [0.717, 1.165) is 0 Å². The summed E-state index contributed by atoms with van der Waals surface area (Å²) in [7, 11) is 1.39. The highest BCUT2D eigenvalue weighted by Gasteiger charge is 2.47. The van der Waals surface area contributed by atoms with E-state index in [2.05, 4.69) is 41.8 Å². The van der Waals surface area contributed by atoms with Crippen LogP contribution < -0.4 is 20.8 Å². The Labute approximate surface area is 197 Å². The number of carbonyl (C=O) groups excluding carboxylic acids is 3. The van der Waals surface area contributed by atoms with Crippen molar-refractivity contribution in [3.63, 3.8) is 0 Å². The average Bonchev–Trinajstić information content (AvgIpc) is 2.76. The van der Waals surface area contributed by atoms with E-state index < -0.39 is 30.1 Å². The third-order valence-electron chi connectivity index (χ3n) is 5.81. The van der Waals surface area contributed by atoms with Crippen molar-refractivity contribution in [1.29, 1.82) is 0 Å². The van der Waals surface area contributed by atoms with Crippen LogP contribution in [0.2, 0.25) is 0 Å². The number of benzene rings is 1. The van der Waals surface area contributed by atoms with Crippen LogP contribution in [0.5, 0.6) is 5.75 Å². The summed E-state index contributed by atoms with van der Waals surface area (Å²) >= 11 is 3.42. The topological polar surface area (TPSA) is 118 Å². The number of rotatable bonds is 6. The molecular formula is C21H25BrF2N4O5. The van der Waals surface area contributed by atoms with Gasteiger partial charge in [0.05, 0.1) is 0 Å². The summed E-state index contributed by atoms with van der Waals surface area (Å²) in [5.74, 6) is -1.19. The third-order valence-corrected chi connectivity index (χ3v) is 6.50. The van der Waals surface area contributed by atoms with Crippen molar-refractivity contribution in [2.75, 3.05) is 7.05 Å². The van der Waals surface area contributed by atoms with Gasteiger partial charge in [0.15, 0.2) is 5.60 Å². The molecule has 1 atom stereocenters. The van der Waals surface area contributed by atoms with E-state index in [1.54, 1.807) is 6.07 Å². The van der Waals surface area contributed by atoms with Crippen LogP contribution in [-0.4, -0.2) is 48.9 Å². The molecule has 3 rings (SSSR count). The van der Waals surface area contributed by atoms with Crippen LogP contribution in [0.3, 0.4) is 0 Å². The molecule has 1 saturated carbocycles. The lowest BCUT2D eigenvalue weighted by atomic mass is 9.73. The van der Waals surface area contributed by atoms with Crippen molar-refractivity contribution < 1.29 is 32.6 Å². The first-order valence-corrected chi connectivity index (χ1v) is 11.3. The van der Waals surface area contributed by atoms with Crippen molar-refractivity contribution in [1.82, 2.24) is 16.1 Å². The number of ether oxygens (including phenoxy) is 2. The molecule has 0 saturated heterocycles. The molecule has 3 amide bonds. The molecule has 1 aliphatic heterocycles. The fourth-order valence-electron chi connectivity index (χ4n) is 4.30. The van der Waals surface area contributed by atoms with Crippen molar-refractivity contribution in [2.24, 2.45) is 11.0 Å². The molecule has 1 fully saturated rings. The molecule has 1 spiro atoms. The molecule has 180 valence electrons. The number of likely N-dealkylation sites (N-methyl/N-ethyl adjacent to an activating group) is 1. The molecule has 1 aromatic rings. The first-order valence-electron chi connectivity index (χ1n) is 10.5. The van der Waals surface area contributed by atoms with Gasteiger partial charge in [-0.2, -0.15) is 13.9 Å². The summed E-state index contributed by atoms with van der Waals surface area (Å²) < 4.78 is 36.2. The molecule has 9 nitrogen and oxygen atoms in total. The molecule has 1 heterocycles. The largest absolute Gasteiger partial charge is 0.435 e. The van der Waals surface area contributed by atoms with Gasteiger partial charge in [0.2, 0.25) is 0 Å². The van der Waals surface area contributed by atoms with Crippen LogP contribution >= 0.6 is 15.9 Å². The zero-order chi connectivity index (χ0) is 24.2. The van der Waals surface area contributed by atoms with E-state index in [9.17, 15) is 23.2 Å². The highest BCUT2D eigenvalue weighted by molar-refractivity contribution is 9.10. The normalized spacial score (nSPS) is 23.3. The maximum atomic E-state index is 12.7. The van der Waals surface area contributed by atoms with Gasteiger partial charge in [-0.05, 0) is 63.1 Å². The predicted molar refractivity (Wildman–Crippen MR) is 118 cm³/mol. The van der Waals surface area contributed by atoms with Crippen molar-refractivity contribution in [3.05, 3.63) is 28.2 Å². The van der Waals surface area contributed by atoms with Crippen LogP contribution in [0.15, 0.2) is 27.8 Å². The second-order valence-corrected chi connectivity index (χ2v) is 8.96. The third kappa shape index (κ3) is 5.98. The minimum atomic E-state index is -2.97. The number of carbonyl (C=O) groups is 3. The molecule has 0 unspecified atom stereocenters. The minimum absolute atomic E-state index is 0.0349. The Balaban J connectivity index is 1.73. The van der Waals surface area contributed by atoms with Gasteiger partial charge in [0.25, 0.3) is 0 Å². The molecule has 1 aliphatic carbocycles. The molecule has 0 radical (unpaired) electrons. The molecule has 0 bridgehead atoms. The second kappa shape index (κ2) is 10.4. The first kappa shape index (κ1) is 24.9. The quantitative estimate of drug-likeness (QED) is 0.488. The summed E-state index contributed by atoms with van der Waals surface area (Å²) in [4.78, 5) is 35.2. The second-order valence-electron chi connectivity index (χ2n) is 8.11. The number of hydrogen-bond acceptors (Lipinski definition) is 6. The van der Waals surface area contributed by atoms with E-state index in [-0.39, 0.29) is 17.7 Å². The smallest absolute Gasteiger partial charge is 0.428 e. The van der Waals surface area contributed by atoms with Crippen molar-refractivity contribution in [2.45, 2.75) is 57.3 Å². The van der Waals surface area contributed by atoms with Crippen LogP contribution in [0.1, 0.15) is 44.6 Å². The van der Waals surface area contributed by atoms with Crippen molar-refractivity contribution >= 4 is 39.5 Å². The Morgan fingerprint density at radius 3 is 2.67 bits per heavy atom. The molecule has 2 aliphatic rings. The zero-order valence-electron chi connectivity index (χ0n) is 18.1. The summed E-state index contributed by atoms with van der Waals surface area (Å²) in [6.07, 6.45) is 2.26. The minimum Gasteiger partial charge on any atom is -0.435 e. The van der Waals surface area contributed by atoms with E-state index in [4.69, 9.17) is 4.74 Å². The number of nitrogens with one attached hydrogen (secondary N) is 3. The van der Waals surface area contributed by atoms with E-state index >= 15 is 0 Å². The van der Waals surface area contributed by atoms with Crippen molar-refractivity contribution in [3.8, 4) is 5.75 Å². The van der Waals surface area contributed by atoms with Gasteiger partial charge in [0.1, 0.15) is 11.5 Å². The lowest BCUT2D eigenvalue weighted by Crippen LogP contribution is -2.52. The Kier molecular flexibility index (Phi) is 7.88. The highest BCUT2D eigenvalue weighted by atomic mass is 79.9.